The van der Waals surface area contributed by atoms with E-state index >= 15 is 0 Å². The molecular weight excluding hydrogens is 254 g/mol. The van der Waals surface area contributed by atoms with Crippen LogP contribution in [0.15, 0.2) is 12.3 Å². The number of nitrogens with two attached hydrogens (primary N) is 1. The average Bonchev–Trinajstić information content (AvgIpc) is 2.87. The maximum absolute atomic E-state index is 11.4. The van der Waals surface area contributed by atoms with Crippen LogP contribution in [-0.4, -0.2) is 39.1 Å². The number of nitrogens with one attached hydrogen (secondary N) is 1. The summed E-state index contributed by atoms with van der Waals surface area (Å²) in [5.74, 6) is 0.222. The maximum atomic E-state index is 11.4. The van der Waals surface area contributed by atoms with Gasteiger partial charge in [-0.1, -0.05) is 6.92 Å². The zero-order chi connectivity index (χ0) is 14.1. The molecule has 1 amide bonds. The molecule has 3 N–H and O–H groups in total. The first-order valence-corrected chi connectivity index (χ1v) is 6.98. The van der Waals surface area contributed by atoms with Crippen LogP contribution in [0.1, 0.15) is 35.8 Å². The molecule has 0 spiro atoms. The van der Waals surface area contributed by atoms with Gasteiger partial charge in [-0.15, -0.1) is 0 Å². The van der Waals surface area contributed by atoms with Crippen LogP contribution < -0.4 is 5.73 Å². The normalized spacial score (nSPS) is 20.4. The van der Waals surface area contributed by atoms with Gasteiger partial charge >= 0.3 is 0 Å². The first-order valence-electron chi connectivity index (χ1n) is 6.98. The third-order valence-corrected chi connectivity index (χ3v) is 3.88. The van der Waals surface area contributed by atoms with Gasteiger partial charge in [-0.25, -0.2) is 4.98 Å². The predicted octanol–water partition coefficient (Wildman–Crippen LogP) is 1.29. The van der Waals surface area contributed by atoms with Gasteiger partial charge in [0.15, 0.2) is 0 Å². The minimum atomic E-state index is -0.499. The van der Waals surface area contributed by atoms with E-state index in [-0.39, 0.29) is 0 Å². The summed E-state index contributed by atoms with van der Waals surface area (Å²) in [6.07, 6.45) is 4.14. The van der Waals surface area contributed by atoms with E-state index in [1.54, 1.807) is 12.3 Å². The van der Waals surface area contributed by atoms with Gasteiger partial charge in [-0.05, 0) is 36.9 Å². The van der Waals surface area contributed by atoms with Crippen LogP contribution in [0.2, 0.25) is 0 Å². The lowest BCUT2D eigenvalue weighted by Gasteiger charge is -2.30. The summed E-state index contributed by atoms with van der Waals surface area (Å²) in [5, 5.41) is 6.98. The Kier molecular flexibility index (Phi) is 3.40. The number of H-pyrrole nitrogens is 1. The topological polar surface area (TPSA) is 87.9 Å². The fourth-order valence-electron chi connectivity index (χ4n) is 2.92. The lowest BCUT2D eigenvalue weighted by Crippen LogP contribution is -2.33. The summed E-state index contributed by atoms with van der Waals surface area (Å²) >= 11 is 0. The molecule has 0 aromatic carbocycles. The van der Waals surface area contributed by atoms with Crippen molar-refractivity contribution in [3.8, 4) is 0 Å². The monoisotopic (exact) mass is 273 g/mol. The molecule has 0 unspecified atom stereocenters. The molecule has 0 bridgehead atoms. The number of carbonyl (C=O) groups excluding carboxylic acids is 1. The number of aromatic amines is 1. The van der Waals surface area contributed by atoms with Crippen LogP contribution >= 0.6 is 0 Å². The van der Waals surface area contributed by atoms with Crippen LogP contribution in [-0.2, 0) is 6.54 Å². The molecule has 1 fully saturated rings. The Bertz CT molecular complexity index is 636. The van der Waals surface area contributed by atoms with Crippen LogP contribution in [0.5, 0.6) is 0 Å². The largest absolute Gasteiger partial charge is 0.364 e. The van der Waals surface area contributed by atoms with Crippen molar-refractivity contribution in [2.75, 3.05) is 13.1 Å². The third kappa shape index (κ3) is 2.51. The molecule has 3 rings (SSSR count). The molecule has 2 aromatic heterocycles. The Morgan fingerprint density at radius 1 is 1.60 bits per heavy atom. The fraction of sp³-hybridized carbons (Fsp3) is 0.500. The molecule has 106 valence electrons. The number of aromatic nitrogens is 3. The Morgan fingerprint density at radius 3 is 3.20 bits per heavy atom. The SMILES string of the molecule is C[C@H]1CCCN(Cc2cc(C(N)=O)nc3cn[nH]c23)C1. The number of pyridine rings is 1. The summed E-state index contributed by atoms with van der Waals surface area (Å²) in [6, 6.07) is 1.78. The van der Waals surface area contributed by atoms with E-state index in [0.29, 0.717) is 11.2 Å². The number of piperidine rings is 1. The molecule has 0 saturated carbocycles. The van der Waals surface area contributed by atoms with E-state index in [1.807, 2.05) is 0 Å². The molecule has 0 radical (unpaired) electrons. The molecule has 6 heteroatoms. The minimum Gasteiger partial charge on any atom is -0.364 e. The number of rotatable bonds is 3. The summed E-state index contributed by atoms with van der Waals surface area (Å²) in [7, 11) is 0. The molecule has 2 aromatic rings. The van der Waals surface area contributed by atoms with Crippen molar-refractivity contribution in [1.82, 2.24) is 20.1 Å². The average molecular weight is 273 g/mol. The Hall–Kier alpha value is -1.95. The van der Waals surface area contributed by atoms with Gasteiger partial charge in [0.25, 0.3) is 5.91 Å². The quantitative estimate of drug-likeness (QED) is 0.882. The van der Waals surface area contributed by atoms with E-state index in [1.165, 1.54) is 12.8 Å². The maximum Gasteiger partial charge on any atom is 0.267 e. The zero-order valence-corrected chi connectivity index (χ0v) is 11.6. The summed E-state index contributed by atoms with van der Waals surface area (Å²) in [6.45, 7) is 5.25. The first-order chi connectivity index (χ1) is 9.63. The second-order valence-electron chi connectivity index (χ2n) is 5.64. The second kappa shape index (κ2) is 5.20. The zero-order valence-electron chi connectivity index (χ0n) is 11.6. The smallest absolute Gasteiger partial charge is 0.267 e. The van der Waals surface area contributed by atoms with Gasteiger partial charge in [-0.3, -0.25) is 14.8 Å². The Labute approximate surface area is 117 Å². The number of nitrogens with zero attached hydrogens (tertiary/aromatic N) is 3. The van der Waals surface area contributed by atoms with Gasteiger partial charge < -0.3 is 5.73 Å². The second-order valence-corrected chi connectivity index (χ2v) is 5.64. The van der Waals surface area contributed by atoms with Crippen molar-refractivity contribution in [3.63, 3.8) is 0 Å². The van der Waals surface area contributed by atoms with E-state index in [9.17, 15) is 4.79 Å². The van der Waals surface area contributed by atoms with Gasteiger partial charge in [0.2, 0.25) is 0 Å². The predicted molar refractivity (Wildman–Crippen MR) is 76.1 cm³/mol. The van der Waals surface area contributed by atoms with Gasteiger partial charge in [0, 0.05) is 13.1 Å². The first kappa shape index (κ1) is 13.1. The molecule has 0 aliphatic carbocycles. The molecule has 3 heterocycles. The number of amides is 1. The third-order valence-electron chi connectivity index (χ3n) is 3.88. The fourth-order valence-corrected chi connectivity index (χ4v) is 2.92. The van der Waals surface area contributed by atoms with E-state index in [0.717, 1.165) is 36.6 Å². The Morgan fingerprint density at radius 2 is 2.45 bits per heavy atom. The highest BCUT2D eigenvalue weighted by Gasteiger charge is 2.19. The number of hydrogen-bond donors (Lipinski definition) is 2. The number of fused-ring (bicyclic) bond motifs is 1. The highest BCUT2D eigenvalue weighted by atomic mass is 16.1. The molecule has 1 aliphatic heterocycles. The molecule has 1 aliphatic rings. The lowest BCUT2D eigenvalue weighted by atomic mass is 9.99. The summed E-state index contributed by atoms with van der Waals surface area (Å²) in [5.41, 5.74) is 8.29. The summed E-state index contributed by atoms with van der Waals surface area (Å²) < 4.78 is 0. The molecular formula is C14H19N5O. The van der Waals surface area contributed by atoms with Crippen molar-refractivity contribution < 1.29 is 4.79 Å². The van der Waals surface area contributed by atoms with Gasteiger partial charge in [-0.2, -0.15) is 5.10 Å². The number of likely N-dealkylation sites (tertiary alicyclic amines) is 1. The van der Waals surface area contributed by atoms with Crippen molar-refractivity contribution in [1.29, 1.82) is 0 Å². The van der Waals surface area contributed by atoms with Crippen molar-refractivity contribution in [3.05, 3.63) is 23.5 Å². The molecule has 6 nitrogen and oxygen atoms in total. The van der Waals surface area contributed by atoms with Crippen molar-refractivity contribution >= 4 is 16.9 Å². The standard InChI is InChI=1S/C14H19N5O/c1-9-3-2-4-19(7-9)8-10-5-11(14(15)20)17-12-6-16-18-13(10)12/h5-6,9H,2-4,7-8H2,1H3,(H2,15,20)(H,16,18)/t9-/m0/s1. The number of hydrogen-bond acceptors (Lipinski definition) is 4. The van der Waals surface area contributed by atoms with Crippen LogP contribution in [0.3, 0.4) is 0 Å². The number of primary amides is 1. The number of carbonyl (C=O) groups is 1. The minimum absolute atomic E-state index is 0.305. The van der Waals surface area contributed by atoms with Crippen LogP contribution in [0.25, 0.3) is 11.0 Å². The van der Waals surface area contributed by atoms with Gasteiger partial charge in [0.1, 0.15) is 11.2 Å². The lowest BCUT2D eigenvalue weighted by molar-refractivity contribution is 0.0995. The van der Waals surface area contributed by atoms with Gasteiger partial charge in [0.05, 0.1) is 11.7 Å². The van der Waals surface area contributed by atoms with E-state index in [2.05, 4.69) is 27.0 Å². The van der Waals surface area contributed by atoms with Crippen LogP contribution in [0.4, 0.5) is 0 Å². The van der Waals surface area contributed by atoms with Crippen molar-refractivity contribution in [2.45, 2.75) is 26.3 Å². The molecule has 1 saturated heterocycles. The van der Waals surface area contributed by atoms with E-state index < -0.39 is 5.91 Å². The highest BCUT2D eigenvalue weighted by molar-refractivity contribution is 5.93. The van der Waals surface area contributed by atoms with Crippen molar-refractivity contribution in [2.24, 2.45) is 11.7 Å². The van der Waals surface area contributed by atoms with E-state index in [4.69, 9.17) is 5.73 Å². The highest BCUT2D eigenvalue weighted by Crippen LogP contribution is 2.21. The van der Waals surface area contributed by atoms with Crippen LogP contribution in [0, 0.1) is 5.92 Å². The molecule has 20 heavy (non-hydrogen) atoms. The Balaban J connectivity index is 1.93. The molecule has 1 atom stereocenters. The summed E-state index contributed by atoms with van der Waals surface area (Å²) in [4.78, 5) is 18.0.